The summed E-state index contributed by atoms with van der Waals surface area (Å²) in [6, 6.07) is 0. The van der Waals surface area contributed by atoms with Gasteiger partial charge in [-0.25, -0.2) is 0 Å². The molecule has 1 atom stereocenters. The molecule has 0 aromatic heterocycles. The molecule has 0 aliphatic heterocycles. The molecule has 0 N–H and O–H groups in total. The lowest BCUT2D eigenvalue weighted by Gasteiger charge is -2.00. The smallest absolute Gasteiger partial charge is 0.0644 e. The SMILES string of the molecule is CCCS[S+](CC)CCC. The Hall–Kier alpha value is 0.700. The molecule has 0 amide bonds. The van der Waals surface area contributed by atoms with Crippen LogP contribution in [0.2, 0.25) is 0 Å². The molecule has 1 unspecified atom stereocenters. The zero-order valence-electron chi connectivity index (χ0n) is 7.35. The molecule has 0 saturated carbocycles. The second-order valence-electron chi connectivity index (χ2n) is 2.25. The molecule has 0 saturated heterocycles. The van der Waals surface area contributed by atoms with Gasteiger partial charge in [-0.1, -0.05) is 13.8 Å². The molecule has 0 aliphatic rings. The minimum atomic E-state index is 0.685. The van der Waals surface area contributed by atoms with Crippen LogP contribution >= 0.6 is 10.8 Å². The van der Waals surface area contributed by atoms with E-state index in [0.29, 0.717) is 9.93 Å². The highest BCUT2D eigenvalue weighted by molar-refractivity contribution is 8.74. The minimum Gasteiger partial charge on any atom is -0.0644 e. The second-order valence-corrected chi connectivity index (χ2v) is 6.89. The molecule has 0 fully saturated rings. The first-order chi connectivity index (χ1) is 4.85. The molecular formula is C8H19S2+. The normalized spacial score (nSPS) is 13.5. The maximum Gasteiger partial charge on any atom is 0.120 e. The Bertz CT molecular complexity index is 64.3. The van der Waals surface area contributed by atoms with Crippen molar-refractivity contribution in [2.75, 3.05) is 17.3 Å². The molecule has 0 bridgehead atoms. The van der Waals surface area contributed by atoms with Crippen molar-refractivity contribution >= 4 is 20.7 Å². The van der Waals surface area contributed by atoms with Gasteiger partial charge in [0, 0.05) is 5.75 Å². The van der Waals surface area contributed by atoms with Gasteiger partial charge in [-0.05, 0) is 19.8 Å². The summed E-state index contributed by atoms with van der Waals surface area (Å²) in [5.74, 6) is 4.16. The lowest BCUT2D eigenvalue weighted by molar-refractivity contribution is 1.10. The molecular weight excluding hydrogens is 160 g/mol. The fraction of sp³-hybridized carbons (Fsp3) is 1.00. The maximum absolute atomic E-state index is 2.31. The first kappa shape index (κ1) is 10.7. The van der Waals surface area contributed by atoms with Crippen molar-refractivity contribution in [2.24, 2.45) is 0 Å². The third-order valence-electron chi connectivity index (χ3n) is 1.21. The maximum atomic E-state index is 2.31. The van der Waals surface area contributed by atoms with Gasteiger partial charge in [0.05, 0.1) is 20.7 Å². The summed E-state index contributed by atoms with van der Waals surface area (Å²) in [5, 5.41) is 0. The van der Waals surface area contributed by atoms with Crippen molar-refractivity contribution in [2.45, 2.75) is 33.6 Å². The van der Waals surface area contributed by atoms with E-state index in [-0.39, 0.29) is 0 Å². The lowest BCUT2D eigenvalue weighted by atomic mass is 10.6. The molecule has 62 valence electrons. The third-order valence-corrected chi connectivity index (χ3v) is 6.33. The Morgan fingerprint density at radius 1 is 1.10 bits per heavy atom. The third kappa shape index (κ3) is 5.48. The van der Waals surface area contributed by atoms with Gasteiger partial charge in [-0.2, -0.15) is 0 Å². The minimum absolute atomic E-state index is 0.685. The molecule has 10 heavy (non-hydrogen) atoms. The van der Waals surface area contributed by atoms with Crippen molar-refractivity contribution in [3.8, 4) is 0 Å². The van der Waals surface area contributed by atoms with E-state index in [0.717, 1.165) is 0 Å². The van der Waals surface area contributed by atoms with E-state index in [1.54, 1.807) is 0 Å². The predicted octanol–water partition coefficient (Wildman–Crippen LogP) is 3.09. The van der Waals surface area contributed by atoms with Crippen molar-refractivity contribution in [3.05, 3.63) is 0 Å². The lowest BCUT2D eigenvalue weighted by Crippen LogP contribution is -2.04. The van der Waals surface area contributed by atoms with Crippen LogP contribution in [0.4, 0.5) is 0 Å². The predicted molar refractivity (Wildman–Crippen MR) is 55.8 cm³/mol. The van der Waals surface area contributed by atoms with Gasteiger partial charge >= 0.3 is 0 Å². The Labute approximate surface area is 71.9 Å². The van der Waals surface area contributed by atoms with Crippen LogP contribution in [-0.2, 0) is 9.93 Å². The molecule has 0 aromatic rings. The second kappa shape index (κ2) is 7.80. The molecule has 0 nitrogen and oxygen atoms in total. The van der Waals surface area contributed by atoms with Crippen molar-refractivity contribution in [1.82, 2.24) is 0 Å². The molecule has 2 heteroatoms. The zero-order chi connectivity index (χ0) is 7.82. The highest BCUT2D eigenvalue weighted by atomic mass is 33.1. The average molecular weight is 179 g/mol. The Kier molecular flexibility index (Phi) is 8.35. The highest BCUT2D eigenvalue weighted by Gasteiger charge is 2.14. The number of hydrogen-bond acceptors (Lipinski definition) is 1. The summed E-state index contributed by atoms with van der Waals surface area (Å²) in [6.07, 6.45) is 2.69. The topological polar surface area (TPSA) is 0 Å². The summed E-state index contributed by atoms with van der Waals surface area (Å²) in [5.41, 5.74) is 0. The number of hydrogen-bond donors (Lipinski definition) is 0. The highest BCUT2D eigenvalue weighted by Crippen LogP contribution is 2.18. The fourth-order valence-electron chi connectivity index (χ4n) is 0.715. The van der Waals surface area contributed by atoms with E-state index >= 15 is 0 Å². The van der Waals surface area contributed by atoms with Crippen molar-refractivity contribution < 1.29 is 0 Å². The van der Waals surface area contributed by atoms with Crippen LogP contribution in [0, 0.1) is 0 Å². The fourth-order valence-corrected chi connectivity index (χ4v) is 4.71. The van der Waals surface area contributed by atoms with Crippen LogP contribution in [0.3, 0.4) is 0 Å². The van der Waals surface area contributed by atoms with Gasteiger partial charge in [0.15, 0.2) is 0 Å². The average Bonchev–Trinajstić information content (AvgIpc) is 1.98. The van der Waals surface area contributed by atoms with Gasteiger partial charge in [-0.3, -0.25) is 0 Å². The summed E-state index contributed by atoms with van der Waals surface area (Å²) in [6.45, 7) is 6.85. The van der Waals surface area contributed by atoms with Crippen LogP contribution in [0.5, 0.6) is 0 Å². The van der Waals surface area contributed by atoms with Crippen molar-refractivity contribution in [1.29, 1.82) is 0 Å². The standard InChI is InChI=1S/C8H19S2/c1-4-7-9-10(6-3)8-5-2/h4-8H2,1-3H3/q+1. The van der Waals surface area contributed by atoms with E-state index in [1.807, 2.05) is 0 Å². The van der Waals surface area contributed by atoms with Crippen LogP contribution in [0.1, 0.15) is 33.6 Å². The molecule has 0 spiro atoms. The first-order valence-corrected chi connectivity index (χ1v) is 7.22. The Morgan fingerprint density at radius 3 is 2.20 bits per heavy atom. The molecule has 0 radical (unpaired) electrons. The van der Waals surface area contributed by atoms with Gasteiger partial charge < -0.3 is 0 Å². The van der Waals surface area contributed by atoms with Crippen LogP contribution in [-0.4, -0.2) is 17.3 Å². The van der Waals surface area contributed by atoms with Gasteiger partial charge in [0.25, 0.3) is 0 Å². The Morgan fingerprint density at radius 2 is 1.80 bits per heavy atom. The number of rotatable bonds is 6. The van der Waals surface area contributed by atoms with Crippen molar-refractivity contribution in [3.63, 3.8) is 0 Å². The van der Waals surface area contributed by atoms with Gasteiger partial charge in [0.2, 0.25) is 0 Å². The molecule has 0 rings (SSSR count). The summed E-state index contributed by atoms with van der Waals surface area (Å²) < 4.78 is 0. The van der Waals surface area contributed by atoms with Crippen LogP contribution in [0.25, 0.3) is 0 Å². The van der Waals surface area contributed by atoms with Crippen LogP contribution in [0.15, 0.2) is 0 Å². The van der Waals surface area contributed by atoms with Crippen LogP contribution < -0.4 is 0 Å². The molecule has 0 aliphatic carbocycles. The van der Waals surface area contributed by atoms with E-state index in [4.69, 9.17) is 0 Å². The summed E-state index contributed by atoms with van der Waals surface area (Å²) in [7, 11) is 2.86. The van der Waals surface area contributed by atoms with E-state index in [2.05, 4.69) is 31.6 Å². The quantitative estimate of drug-likeness (QED) is 0.446. The summed E-state index contributed by atoms with van der Waals surface area (Å²) in [4.78, 5) is 0. The van der Waals surface area contributed by atoms with E-state index in [1.165, 1.54) is 30.1 Å². The molecule has 0 heterocycles. The largest absolute Gasteiger partial charge is 0.120 e. The first-order valence-electron chi connectivity index (χ1n) is 4.15. The van der Waals surface area contributed by atoms with Gasteiger partial charge in [-0.15, -0.1) is 0 Å². The van der Waals surface area contributed by atoms with E-state index < -0.39 is 0 Å². The zero-order valence-corrected chi connectivity index (χ0v) is 8.99. The molecule has 0 aromatic carbocycles. The van der Waals surface area contributed by atoms with E-state index in [9.17, 15) is 0 Å². The van der Waals surface area contributed by atoms with Gasteiger partial charge in [0.1, 0.15) is 11.5 Å². The monoisotopic (exact) mass is 179 g/mol. The Balaban J connectivity index is 3.21. The summed E-state index contributed by atoms with van der Waals surface area (Å²) >= 11 is 0.